The lowest BCUT2D eigenvalue weighted by Gasteiger charge is -2.25. The number of Topliss-reactive ketones (excluding diaryl/α,β-unsaturated/α-hetero) is 1. The minimum atomic E-state index is -0.850. The van der Waals surface area contributed by atoms with Gasteiger partial charge < -0.3 is 10.0 Å². The molecule has 0 spiro atoms. The van der Waals surface area contributed by atoms with E-state index in [1.807, 2.05) is 10.8 Å². The molecule has 3 aromatic rings. The molecule has 6 nitrogen and oxygen atoms in total. The highest BCUT2D eigenvalue weighted by Gasteiger charge is 2.45. The second-order valence-electron chi connectivity index (χ2n) is 7.12. The van der Waals surface area contributed by atoms with Crippen LogP contribution in [0, 0.1) is 5.82 Å². The summed E-state index contributed by atoms with van der Waals surface area (Å²) in [5, 5.41) is 10.9. The van der Waals surface area contributed by atoms with E-state index >= 15 is 0 Å². The van der Waals surface area contributed by atoms with Gasteiger partial charge in [-0.1, -0.05) is 42.5 Å². The van der Waals surface area contributed by atoms with Gasteiger partial charge in [-0.05, 0) is 17.7 Å². The van der Waals surface area contributed by atoms with Crippen LogP contribution in [0.25, 0.3) is 5.76 Å². The smallest absolute Gasteiger partial charge is 0.295 e. The number of aliphatic hydroxyl groups excluding tert-OH is 1. The molecular formula is C23H21FN3O3+. The molecule has 1 atom stereocenters. The number of aromatic amines is 1. The van der Waals surface area contributed by atoms with Gasteiger partial charge in [0.25, 0.3) is 11.7 Å². The molecular weight excluding hydrogens is 385 g/mol. The van der Waals surface area contributed by atoms with E-state index in [0.29, 0.717) is 24.1 Å². The van der Waals surface area contributed by atoms with Gasteiger partial charge in [0, 0.05) is 18.5 Å². The van der Waals surface area contributed by atoms with Crippen molar-refractivity contribution in [1.29, 1.82) is 0 Å². The maximum Gasteiger partial charge on any atom is 0.295 e. The summed E-state index contributed by atoms with van der Waals surface area (Å²) in [4.78, 5) is 30.1. The molecule has 1 aromatic heterocycles. The number of likely N-dealkylation sites (tertiary alicyclic amines) is 1. The van der Waals surface area contributed by atoms with Crippen LogP contribution in [0.4, 0.5) is 4.39 Å². The number of aryl methyl sites for hydroxylation is 1. The van der Waals surface area contributed by atoms with Crippen LogP contribution in [0.15, 0.2) is 78.9 Å². The maximum absolute atomic E-state index is 14.0. The first-order valence-corrected chi connectivity index (χ1v) is 9.67. The van der Waals surface area contributed by atoms with Crippen LogP contribution in [-0.2, 0) is 16.1 Å². The number of H-pyrrole nitrogens is 1. The lowest BCUT2D eigenvalue weighted by molar-refractivity contribution is -0.695. The average molecular weight is 406 g/mol. The van der Waals surface area contributed by atoms with Crippen LogP contribution in [0.5, 0.6) is 0 Å². The number of halogens is 1. The third-order valence-corrected chi connectivity index (χ3v) is 5.17. The molecule has 1 fully saturated rings. The van der Waals surface area contributed by atoms with Gasteiger partial charge in [-0.2, -0.15) is 0 Å². The molecule has 1 aliphatic rings. The molecule has 1 unspecified atom stereocenters. The van der Waals surface area contributed by atoms with Crippen LogP contribution >= 0.6 is 0 Å². The van der Waals surface area contributed by atoms with E-state index in [1.54, 1.807) is 48.9 Å². The Bertz CT molecular complexity index is 1090. The van der Waals surface area contributed by atoms with E-state index in [4.69, 9.17) is 0 Å². The average Bonchev–Trinajstić information content (AvgIpc) is 3.36. The van der Waals surface area contributed by atoms with Gasteiger partial charge in [0.1, 0.15) is 24.0 Å². The highest BCUT2D eigenvalue weighted by molar-refractivity contribution is 6.46. The van der Waals surface area contributed by atoms with Crippen molar-refractivity contribution in [2.24, 2.45) is 0 Å². The predicted molar refractivity (Wildman–Crippen MR) is 107 cm³/mol. The molecule has 0 radical (unpaired) electrons. The van der Waals surface area contributed by atoms with Gasteiger partial charge in [0.15, 0.2) is 0 Å². The molecule has 1 saturated heterocycles. The number of hydrogen-bond acceptors (Lipinski definition) is 3. The fraction of sp³-hybridized carbons (Fsp3) is 0.174. The van der Waals surface area contributed by atoms with Crippen molar-refractivity contribution in [2.45, 2.75) is 19.0 Å². The number of imidazole rings is 1. The Labute approximate surface area is 172 Å². The Morgan fingerprint density at radius 2 is 1.93 bits per heavy atom. The van der Waals surface area contributed by atoms with Gasteiger partial charge >= 0.3 is 0 Å². The largest absolute Gasteiger partial charge is 0.507 e. The zero-order chi connectivity index (χ0) is 21.1. The molecule has 2 N–H and O–H groups in total. The number of ketones is 1. The number of benzene rings is 2. The summed E-state index contributed by atoms with van der Waals surface area (Å²) in [6.45, 7) is 0.927. The predicted octanol–water partition coefficient (Wildman–Crippen LogP) is 2.95. The Balaban J connectivity index is 1.73. The molecule has 2 aromatic carbocycles. The molecule has 0 aliphatic carbocycles. The first kappa shape index (κ1) is 19.6. The quantitative estimate of drug-likeness (QED) is 0.286. The third-order valence-electron chi connectivity index (χ3n) is 5.17. The third kappa shape index (κ3) is 3.74. The van der Waals surface area contributed by atoms with E-state index in [1.165, 1.54) is 23.1 Å². The van der Waals surface area contributed by atoms with Crippen molar-refractivity contribution < 1.29 is 23.7 Å². The number of hydrogen-bond donors (Lipinski definition) is 2. The summed E-state index contributed by atoms with van der Waals surface area (Å²) < 4.78 is 15.9. The summed E-state index contributed by atoms with van der Waals surface area (Å²) in [6.07, 6.45) is 6.05. The van der Waals surface area contributed by atoms with Crippen LogP contribution in [-0.4, -0.2) is 33.2 Å². The van der Waals surface area contributed by atoms with Crippen molar-refractivity contribution in [2.75, 3.05) is 6.54 Å². The normalized spacial score (nSPS) is 18.2. The number of aromatic nitrogens is 2. The molecule has 0 saturated carbocycles. The summed E-state index contributed by atoms with van der Waals surface area (Å²) in [6, 6.07) is 13.5. The first-order chi connectivity index (χ1) is 14.6. The number of rotatable bonds is 6. The lowest BCUT2D eigenvalue weighted by Crippen LogP contribution is -2.36. The number of carbonyl (C=O) groups is 2. The van der Waals surface area contributed by atoms with Crippen molar-refractivity contribution >= 4 is 17.4 Å². The zero-order valence-corrected chi connectivity index (χ0v) is 16.2. The fourth-order valence-electron chi connectivity index (χ4n) is 3.77. The van der Waals surface area contributed by atoms with Crippen molar-refractivity contribution in [3.63, 3.8) is 0 Å². The number of amides is 1. The van der Waals surface area contributed by atoms with Crippen LogP contribution in [0.3, 0.4) is 0 Å². The Kier molecular flexibility index (Phi) is 5.43. The topological polar surface area (TPSA) is 77.3 Å². The van der Waals surface area contributed by atoms with Gasteiger partial charge in [-0.15, -0.1) is 0 Å². The van der Waals surface area contributed by atoms with Crippen LogP contribution in [0.1, 0.15) is 23.6 Å². The second kappa shape index (κ2) is 8.32. The minimum Gasteiger partial charge on any atom is -0.507 e. The molecule has 30 heavy (non-hydrogen) atoms. The Hall–Kier alpha value is -3.74. The van der Waals surface area contributed by atoms with Gasteiger partial charge in [-0.3, -0.25) is 14.6 Å². The Morgan fingerprint density at radius 3 is 2.63 bits per heavy atom. The van der Waals surface area contributed by atoms with E-state index in [2.05, 4.69) is 4.98 Å². The van der Waals surface area contributed by atoms with Crippen LogP contribution in [0.2, 0.25) is 0 Å². The van der Waals surface area contributed by atoms with E-state index < -0.39 is 23.5 Å². The van der Waals surface area contributed by atoms with Gasteiger partial charge in [0.2, 0.25) is 6.33 Å². The monoisotopic (exact) mass is 406 g/mol. The Morgan fingerprint density at radius 1 is 1.13 bits per heavy atom. The molecule has 0 bridgehead atoms. The standard InChI is InChI=1S/C23H20FN3O3/c24-18-9-4-8-17(14-18)20-19(21(28)16-6-2-1-3-7-16)22(29)23(30)27(20)12-5-11-26-13-10-25-15-26/h1-4,6-10,13-15,20H,5,11-12H2,(H,28,29)/p+1. The van der Waals surface area contributed by atoms with Crippen molar-refractivity contribution in [1.82, 2.24) is 9.88 Å². The summed E-state index contributed by atoms with van der Waals surface area (Å²) in [5.41, 5.74) is 0.854. The number of nitrogens with one attached hydrogen (secondary N) is 1. The van der Waals surface area contributed by atoms with E-state index in [9.17, 15) is 19.1 Å². The fourth-order valence-corrected chi connectivity index (χ4v) is 3.77. The lowest BCUT2D eigenvalue weighted by atomic mass is 9.95. The summed E-state index contributed by atoms with van der Waals surface area (Å²) in [7, 11) is 0. The highest BCUT2D eigenvalue weighted by atomic mass is 19.1. The summed E-state index contributed by atoms with van der Waals surface area (Å²) in [5.74, 6) is -2.19. The SMILES string of the molecule is O=C1C(=O)N(CCC[n+]2cc[nH]c2)C(c2cccc(F)c2)C1=C(O)c1ccccc1. The molecule has 2 heterocycles. The number of carbonyl (C=O) groups excluding carboxylic acids is 2. The van der Waals surface area contributed by atoms with Gasteiger partial charge in [0.05, 0.1) is 18.2 Å². The maximum atomic E-state index is 14.0. The number of nitrogens with zero attached hydrogens (tertiary/aromatic N) is 2. The first-order valence-electron chi connectivity index (χ1n) is 9.67. The van der Waals surface area contributed by atoms with E-state index in [0.717, 1.165) is 0 Å². The van der Waals surface area contributed by atoms with Crippen molar-refractivity contribution in [3.05, 3.63) is 95.8 Å². The molecule has 4 rings (SSSR count). The minimum absolute atomic E-state index is 0.0221. The molecule has 1 amide bonds. The molecule has 1 aliphatic heterocycles. The van der Waals surface area contributed by atoms with Crippen LogP contribution < -0.4 is 4.57 Å². The van der Waals surface area contributed by atoms with Crippen molar-refractivity contribution in [3.8, 4) is 0 Å². The summed E-state index contributed by atoms with van der Waals surface area (Å²) >= 11 is 0. The zero-order valence-electron chi connectivity index (χ0n) is 16.2. The molecule has 7 heteroatoms. The van der Waals surface area contributed by atoms with Gasteiger partial charge in [-0.25, -0.2) is 8.96 Å². The second-order valence-corrected chi connectivity index (χ2v) is 7.12. The van der Waals surface area contributed by atoms with E-state index in [-0.39, 0.29) is 17.9 Å². The highest BCUT2D eigenvalue weighted by Crippen LogP contribution is 2.39. The number of aliphatic hydroxyl groups is 1. The molecule has 152 valence electrons.